The van der Waals surface area contributed by atoms with E-state index in [1.165, 1.54) is 141 Å². The highest BCUT2D eigenvalue weighted by Crippen LogP contribution is 2.15. The van der Waals surface area contributed by atoms with Crippen molar-refractivity contribution >= 4 is 5.91 Å². The molecule has 0 aromatic rings. The number of rotatable bonds is 43. The zero-order valence-electron chi connectivity index (χ0n) is 37.6. The molecule has 0 spiro atoms. The van der Waals surface area contributed by atoms with Gasteiger partial charge in [-0.3, -0.25) is 4.79 Å². The van der Waals surface area contributed by atoms with Crippen molar-refractivity contribution in [3.8, 4) is 0 Å². The summed E-state index contributed by atoms with van der Waals surface area (Å²) in [5.41, 5.74) is 0. The van der Waals surface area contributed by atoms with Crippen LogP contribution in [0.5, 0.6) is 0 Å². The summed E-state index contributed by atoms with van der Waals surface area (Å²) in [6, 6.07) is -0.627. The minimum Gasteiger partial charge on any atom is -0.394 e. The van der Waals surface area contributed by atoms with E-state index in [0.29, 0.717) is 6.42 Å². The van der Waals surface area contributed by atoms with Crippen LogP contribution in [-0.4, -0.2) is 34.9 Å². The third-order valence-electron chi connectivity index (χ3n) is 10.6. The standard InChI is InChI=1S/C53H93NO3/c1-3-5-7-9-11-13-15-17-19-20-21-22-23-24-25-26-27-28-29-30-31-32-33-34-35-37-39-41-43-45-47-49-53(57)54-51(50-55)52(56)48-46-44-42-40-38-36-18-16-14-12-10-8-6-4-2/h5,7,11,13,17,19,21-22,24-25,27-28,46,48,51-52,55-56H,3-4,6,8-10,12,14-16,18,20,23,26,29-45,47,49-50H2,1-2H3,(H,54,57)/b7-5-,13-11-,19-17-,22-21-,25-24-,28-27-,48-46+. The van der Waals surface area contributed by atoms with Crippen LogP contribution in [0.3, 0.4) is 0 Å². The van der Waals surface area contributed by atoms with Gasteiger partial charge in [-0.05, 0) is 70.6 Å². The number of aliphatic hydroxyl groups is 2. The molecule has 0 saturated heterocycles. The van der Waals surface area contributed by atoms with Gasteiger partial charge in [0.2, 0.25) is 5.91 Å². The van der Waals surface area contributed by atoms with Crippen molar-refractivity contribution in [2.45, 2.75) is 238 Å². The van der Waals surface area contributed by atoms with Gasteiger partial charge in [-0.15, -0.1) is 0 Å². The molecule has 4 nitrogen and oxygen atoms in total. The molecule has 57 heavy (non-hydrogen) atoms. The van der Waals surface area contributed by atoms with Gasteiger partial charge in [-0.1, -0.05) is 234 Å². The maximum absolute atomic E-state index is 12.4. The Bertz CT molecular complexity index is 1030. The molecule has 0 saturated carbocycles. The van der Waals surface area contributed by atoms with Gasteiger partial charge in [0.05, 0.1) is 18.8 Å². The van der Waals surface area contributed by atoms with E-state index in [2.05, 4.69) is 92.1 Å². The van der Waals surface area contributed by atoms with Crippen LogP contribution in [0.15, 0.2) is 85.1 Å². The summed E-state index contributed by atoms with van der Waals surface area (Å²) in [5, 5.41) is 23.0. The molecule has 0 aliphatic carbocycles. The van der Waals surface area contributed by atoms with E-state index in [-0.39, 0.29) is 12.5 Å². The van der Waals surface area contributed by atoms with Gasteiger partial charge < -0.3 is 15.5 Å². The lowest BCUT2D eigenvalue weighted by atomic mass is 10.0. The van der Waals surface area contributed by atoms with Crippen LogP contribution in [0.1, 0.15) is 226 Å². The second-order valence-electron chi connectivity index (χ2n) is 16.1. The lowest BCUT2D eigenvalue weighted by Crippen LogP contribution is -2.45. The summed E-state index contributed by atoms with van der Waals surface area (Å²) >= 11 is 0. The number of hydrogen-bond acceptors (Lipinski definition) is 3. The fourth-order valence-corrected chi connectivity index (χ4v) is 6.95. The summed E-state index contributed by atoms with van der Waals surface area (Å²) in [7, 11) is 0. The number of hydrogen-bond donors (Lipinski definition) is 3. The molecule has 0 rings (SSSR count). The number of allylic oxidation sites excluding steroid dienone is 13. The van der Waals surface area contributed by atoms with Crippen LogP contribution in [-0.2, 0) is 4.79 Å². The molecular weight excluding hydrogens is 699 g/mol. The molecule has 0 aliphatic rings. The Morgan fingerprint density at radius 3 is 1.16 bits per heavy atom. The van der Waals surface area contributed by atoms with Crippen LogP contribution in [0.2, 0.25) is 0 Å². The summed E-state index contributed by atoms with van der Waals surface area (Å²) < 4.78 is 0. The molecule has 1 amide bonds. The lowest BCUT2D eigenvalue weighted by molar-refractivity contribution is -0.123. The fraction of sp³-hybridized carbons (Fsp3) is 0.717. The first-order chi connectivity index (χ1) is 28.2. The Morgan fingerprint density at radius 2 is 0.772 bits per heavy atom. The Balaban J connectivity index is 3.56. The molecule has 0 radical (unpaired) electrons. The van der Waals surface area contributed by atoms with Gasteiger partial charge >= 0.3 is 0 Å². The molecule has 4 heteroatoms. The van der Waals surface area contributed by atoms with Gasteiger partial charge in [-0.2, -0.15) is 0 Å². The highest BCUT2D eigenvalue weighted by molar-refractivity contribution is 5.76. The van der Waals surface area contributed by atoms with E-state index in [1.807, 2.05) is 6.08 Å². The predicted octanol–water partition coefficient (Wildman–Crippen LogP) is 15.6. The minimum absolute atomic E-state index is 0.0696. The number of carbonyl (C=O) groups excluding carboxylic acids is 1. The van der Waals surface area contributed by atoms with Crippen LogP contribution >= 0.6 is 0 Å². The van der Waals surface area contributed by atoms with Gasteiger partial charge in [0.1, 0.15) is 0 Å². The number of carbonyl (C=O) groups is 1. The zero-order valence-corrected chi connectivity index (χ0v) is 37.6. The van der Waals surface area contributed by atoms with Crippen molar-refractivity contribution in [1.29, 1.82) is 0 Å². The van der Waals surface area contributed by atoms with Crippen molar-refractivity contribution in [1.82, 2.24) is 5.32 Å². The van der Waals surface area contributed by atoms with E-state index in [0.717, 1.165) is 64.2 Å². The molecule has 3 N–H and O–H groups in total. The molecule has 2 atom stereocenters. The van der Waals surface area contributed by atoms with E-state index in [9.17, 15) is 15.0 Å². The second-order valence-corrected chi connectivity index (χ2v) is 16.1. The van der Waals surface area contributed by atoms with Crippen LogP contribution < -0.4 is 5.32 Å². The number of nitrogens with one attached hydrogen (secondary N) is 1. The first kappa shape index (κ1) is 54.6. The largest absolute Gasteiger partial charge is 0.394 e. The number of unbranched alkanes of at least 4 members (excludes halogenated alkanes) is 24. The van der Waals surface area contributed by atoms with Crippen molar-refractivity contribution in [2.75, 3.05) is 6.61 Å². The Morgan fingerprint density at radius 1 is 0.439 bits per heavy atom. The first-order valence-electron chi connectivity index (χ1n) is 24.3. The van der Waals surface area contributed by atoms with Crippen molar-refractivity contribution in [2.24, 2.45) is 0 Å². The molecule has 0 fully saturated rings. The quantitative estimate of drug-likeness (QED) is 0.0425. The molecule has 0 aromatic heterocycles. The summed E-state index contributed by atoms with van der Waals surface area (Å²) in [4.78, 5) is 12.4. The molecule has 328 valence electrons. The van der Waals surface area contributed by atoms with Gasteiger partial charge in [0.25, 0.3) is 0 Å². The average molecular weight is 792 g/mol. The smallest absolute Gasteiger partial charge is 0.220 e. The normalized spacial score (nSPS) is 13.7. The van der Waals surface area contributed by atoms with Gasteiger partial charge in [-0.25, -0.2) is 0 Å². The van der Waals surface area contributed by atoms with E-state index in [1.54, 1.807) is 6.08 Å². The topological polar surface area (TPSA) is 69.6 Å². The zero-order chi connectivity index (χ0) is 41.4. The van der Waals surface area contributed by atoms with Crippen molar-refractivity contribution < 1.29 is 15.0 Å². The van der Waals surface area contributed by atoms with E-state index < -0.39 is 12.1 Å². The SMILES string of the molecule is CC/C=C\C/C=C\C/C=C\C/C=C\C/C=C\C/C=C\CCCCCCCCCCCCCCC(=O)NC(CO)C(O)/C=C/CCCCCCCCCCCCCC. The van der Waals surface area contributed by atoms with Crippen LogP contribution in [0, 0.1) is 0 Å². The molecule has 2 unspecified atom stereocenters. The fourth-order valence-electron chi connectivity index (χ4n) is 6.95. The summed E-state index contributed by atoms with van der Waals surface area (Å²) in [5.74, 6) is -0.0696. The summed E-state index contributed by atoms with van der Waals surface area (Å²) in [6.07, 6.45) is 69.9. The lowest BCUT2D eigenvalue weighted by Gasteiger charge is -2.20. The number of amides is 1. The molecular formula is C53H93NO3. The highest BCUT2D eigenvalue weighted by atomic mass is 16.3. The van der Waals surface area contributed by atoms with Crippen molar-refractivity contribution in [3.05, 3.63) is 85.1 Å². The Kier molecular flexibility index (Phi) is 45.9. The molecule has 0 aliphatic heterocycles. The predicted molar refractivity (Wildman–Crippen MR) is 253 cm³/mol. The summed E-state index contributed by atoms with van der Waals surface area (Å²) in [6.45, 7) is 4.19. The van der Waals surface area contributed by atoms with Gasteiger partial charge in [0.15, 0.2) is 0 Å². The second kappa shape index (κ2) is 47.9. The maximum Gasteiger partial charge on any atom is 0.220 e. The first-order valence-corrected chi connectivity index (χ1v) is 24.3. The van der Waals surface area contributed by atoms with Crippen molar-refractivity contribution in [3.63, 3.8) is 0 Å². The Labute approximate surface area is 354 Å². The molecule has 0 heterocycles. The maximum atomic E-state index is 12.4. The minimum atomic E-state index is -0.843. The third kappa shape index (κ3) is 44.5. The van der Waals surface area contributed by atoms with Crippen LogP contribution in [0.25, 0.3) is 0 Å². The average Bonchev–Trinajstić information content (AvgIpc) is 3.22. The van der Waals surface area contributed by atoms with E-state index >= 15 is 0 Å². The highest BCUT2D eigenvalue weighted by Gasteiger charge is 2.17. The number of aliphatic hydroxyl groups excluding tert-OH is 2. The molecule has 0 bridgehead atoms. The monoisotopic (exact) mass is 792 g/mol. The third-order valence-corrected chi connectivity index (χ3v) is 10.6. The Hall–Kier alpha value is -2.43. The molecule has 0 aromatic carbocycles. The van der Waals surface area contributed by atoms with Crippen LogP contribution in [0.4, 0.5) is 0 Å². The van der Waals surface area contributed by atoms with E-state index in [4.69, 9.17) is 0 Å². The van der Waals surface area contributed by atoms with Gasteiger partial charge in [0, 0.05) is 6.42 Å².